The van der Waals surface area contributed by atoms with Gasteiger partial charge in [-0.15, -0.1) is 0 Å². The molecule has 7 heteroatoms. The van der Waals surface area contributed by atoms with E-state index in [4.69, 9.17) is 21.1 Å². The number of nitro groups is 1. The van der Waals surface area contributed by atoms with Gasteiger partial charge in [-0.2, -0.15) is 0 Å². The number of methoxy groups -OCH3 is 1. The number of hydrogen-bond donors (Lipinski definition) is 0. The lowest BCUT2D eigenvalue weighted by Crippen LogP contribution is -2.09. The summed E-state index contributed by atoms with van der Waals surface area (Å²) in [6, 6.07) is 2.47. The second kappa shape index (κ2) is 5.49. The molecule has 0 fully saturated rings. The van der Waals surface area contributed by atoms with E-state index in [0.29, 0.717) is 0 Å². The van der Waals surface area contributed by atoms with Crippen LogP contribution in [-0.2, 0) is 4.74 Å². The Labute approximate surface area is 102 Å². The predicted molar refractivity (Wildman–Crippen MR) is 60.6 cm³/mol. The molecule has 0 unspecified atom stereocenters. The Morgan fingerprint density at radius 2 is 2.18 bits per heavy atom. The highest BCUT2D eigenvalue weighted by molar-refractivity contribution is 6.35. The molecule has 0 atom stereocenters. The van der Waals surface area contributed by atoms with Crippen LogP contribution in [0.5, 0.6) is 5.75 Å². The lowest BCUT2D eigenvalue weighted by molar-refractivity contribution is -0.385. The van der Waals surface area contributed by atoms with Gasteiger partial charge in [-0.05, 0) is 13.0 Å². The zero-order chi connectivity index (χ0) is 13.0. The summed E-state index contributed by atoms with van der Waals surface area (Å²) in [6.07, 6.45) is 0. The third kappa shape index (κ3) is 2.65. The Morgan fingerprint density at radius 1 is 1.53 bits per heavy atom. The van der Waals surface area contributed by atoms with Gasteiger partial charge in [0.15, 0.2) is 5.56 Å². The normalized spacial score (nSPS) is 9.82. The van der Waals surface area contributed by atoms with Gasteiger partial charge < -0.3 is 9.47 Å². The van der Waals surface area contributed by atoms with Gasteiger partial charge in [0.05, 0.1) is 18.6 Å². The van der Waals surface area contributed by atoms with E-state index < -0.39 is 16.6 Å². The lowest BCUT2D eigenvalue weighted by Gasteiger charge is -2.08. The summed E-state index contributed by atoms with van der Waals surface area (Å²) >= 11 is 5.86. The Bertz CT molecular complexity index is 460. The summed E-state index contributed by atoms with van der Waals surface area (Å²) in [4.78, 5) is 21.7. The van der Waals surface area contributed by atoms with Crippen LogP contribution in [0, 0.1) is 10.1 Å². The number of carbonyl (C=O) groups excluding carboxylic acids is 1. The summed E-state index contributed by atoms with van der Waals surface area (Å²) < 4.78 is 9.60. The molecule has 0 aromatic heterocycles. The van der Waals surface area contributed by atoms with Gasteiger partial charge in [0.2, 0.25) is 0 Å². The fraction of sp³-hybridized carbons (Fsp3) is 0.300. The molecule has 0 saturated heterocycles. The SMILES string of the molecule is CCOC(=O)c1c([N+](=O)[O-])ccc(OC)c1Cl. The van der Waals surface area contributed by atoms with Crippen molar-refractivity contribution in [1.29, 1.82) is 0 Å². The van der Waals surface area contributed by atoms with E-state index in [1.807, 2.05) is 0 Å². The van der Waals surface area contributed by atoms with Crippen LogP contribution in [0.15, 0.2) is 12.1 Å². The van der Waals surface area contributed by atoms with Gasteiger partial charge in [0, 0.05) is 6.07 Å². The van der Waals surface area contributed by atoms with E-state index in [-0.39, 0.29) is 22.9 Å². The van der Waals surface area contributed by atoms with Crippen molar-refractivity contribution in [2.24, 2.45) is 0 Å². The van der Waals surface area contributed by atoms with Crippen LogP contribution in [0.25, 0.3) is 0 Å². The Balaban J connectivity index is 3.39. The maximum Gasteiger partial charge on any atom is 0.346 e. The standard InChI is InChI=1S/C10H10ClNO5/c1-3-17-10(13)8-6(12(14)15)4-5-7(16-2)9(8)11/h4-5H,3H2,1-2H3. The molecule has 17 heavy (non-hydrogen) atoms. The molecule has 0 amide bonds. The van der Waals surface area contributed by atoms with Crippen LogP contribution < -0.4 is 4.74 Å². The van der Waals surface area contributed by atoms with E-state index in [0.717, 1.165) is 6.07 Å². The highest BCUT2D eigenvalue weighted by Crippen LogP contribution is 2.34. The predicted octanol–water partition coefficient (Wildman–Crippen LogP) is 2.43. The zero-order valence-electron chi connectivity index (χ0n) is 9.23. The van der Waals surface area contributed by atoms with Crippen LogP contribution in [0.1, 0.15) is 17.3 Å². The summed E-state index contributed by atoms with van der Waals surface area (Å²) in [7, 11) is 1.35. The van der Waals surface area contributed by atoms with E-state index >= 15 is 0 Å². The average molecular weight is 260 g/mol. The molecule has 0 radical (unpaired) electrons. The molecule has 1 aromatic rings. The summed E-state index contributed by atoms with van der Waals surface area (Å²) in [5.41, 5.74) is -0.702. The maximum atomic E-state index is 11.6. The molecular weight excluding hydrogens is 250 g/mol. The highest BCUT2D eigenvalue weighted by atomic mass is 35.5. The van der Waals surface area contributed by atoms with Gasteiger partial charge in [0.25, 0.3) is 5.69 Å². The van der Waals surface area contributed by atoms with Crippen molar-refractivity contribution >= 4 is 23.3 Å². The number of nitro benzene ring substituents is 1. The van der Waals surface area contributed by atoms with E-state index in [1.165, 1.54) is 13.2 Å². The first kappa shape index (κ1) is 13.2. The Morgan fingerprint density at radius 3 is 2.65 bits per heavy atom. The monoisotopic (exact) mass is 259 g/mol. The van der Waals surface area contributed by atoms with Crippen molar-refractivity contribution in [2.45, 2.75) is 6.92 Å². The first-order valence-corrected chi connectivity index (χ1v) is 5.08. The molecule has 0 N–H and O–H groups in total. The maximum absolute atomic E-state index is 11.6. The molecule has 0 aliphatic rings. The first-order valence-electron chi connectivity index (χ1n) is 4.70. The van der Waals surface area contributed by atoms with Crippen LogP contribution in [0.4, 0.5) is 5.69 Å². The molecule has 0 aliphatic heterocycles. The number of rotatable bonds is 4. The summed E-state index contributed by atoms with van der Waals surface area (Å²) in [6.45, 7) is 1.70. The third-order valence-electron chi connectivity index (χ3n) is 1.98. The van der Waals surface area contributed by atoms with Crippen LogP contribution in [0.3, 0.4) is 0 Å². The topological polar surface area (TPSA) is 78.7 Å². The fourth-order valence-corrected chi connectivity index (χ4v) is 1.57. The van der Waals surface area contributed by atoms with E-state index in [9.17, 15) is 14.9 Å². The number of esters is 1. The number of ether oxygens (including phenoxy) is 2. The number of hydrogen-bond acceptors (Lipinski definition) is 5. The molecule has 6 nitrogen and oxygen atoms in total. The van der Waals surface area contributed by atoms with Crippen LogP contribution in [0.2, 0.25) is 5.02 Å². The van der Waals surface area contributed by atoms with Gasteiger partial charge in [0.1, 0.15) is 10.8 Å². The summed E-state index contributed by atoms with van der Waals surface area (Å²) in [5.74, 6) is -0.664. The second-order valence-electron chi connectivity index (χ2n) is 2.95. The van der Waals surface area contributed by atoms with Crippen LogP contribution >= 0.6 is 11.6 Å². The smallest absolute Gasteiger partial charge is 0.346 e. The molecular formula is C10H10ClNO5. The molecule has 1 rings (SSSR count). The number of benzene rings is 1. The number of carbonyl (C=O) groups is 1. The third-order valence-corrected chi connectivity index (χ3v) is 2.36. The number of nitrogens with zero attached hydrogens (tertiary/aromatic N) is 1. The molecule has 0 saturated carbocycles. The van der Waals surface area contributed by atoms with Crippen LogP contribution in [-0.4, -0.2) is 24.6 Å². The molecule has 0 bridgehead atoms. The second-order valence-corrected chi connectivity index (χ2v) is 3.33. The fourth-order valence-electron chi connectivity index (χ4n) is 1.25. The number of halogens is 1. The zero-order valence-corrected chi connectivity index (χ0v) is 9.98. The van der Waals surface area contributed by atoms with Gasteiger partial charge >= 0.3 is 5.97 Å². The van der Waals surface area contributed by atoms with E-state index in [2.05, 4.69) is 0 Å². The lowest BCUT2D eigenvalue weighted by atomic mass is 10.1. The minimum atomic E-state index is -0.844. The van der Waals surface area contributed by atoms with Gasteiger partial charge in [-0.25, -0.2) is 4.79 Å². The van der Waals surface area contributed by atoms with Crippen molar-refractivity contribution in [3.63, 3.8) is 0 Å². The Kier molecular flexibility index (Phi) is 4.28. The minimum absolute atomic E-state index is 0.101. The van der Waals surface area contributed by atoms with Crippen molar-refractivity contribution in [2.75, 3.05) is 13.7 Å². The van der Waals surface area contributed by atoms with E-state index in [1.54, 1.807) is 6.92 Å². The quantitative estimate of drug-likeness (QED) is 0.471. The first-order chi connectivity index (χ1) is 8.02. The molecule has 1 aromatic carbocycles. The molecule has 0 heterocycles. The van der Waals surface area contributed by atoms with Gasteiger partial charge in [-0.3, -0.25) is 10.1 Å². The highest BCUT2D eigenvalue weighted by Gasteiger charge is 2.27. The average Bonchev–Trinajstić information content (AvgIpc) is 2.28. The molecule has 0 spiro atoms. The van der Waals surface area contributed by atoms with Gasteiger partial charge in [-0.1, -0.05) is 11.6 Å². The molecule has 0 aliphatic carbocycles. The Hall–Kier alpha value is -1.82. The van der Waals surface area contributed by atoms with Crippen molar-refractivity contribution < 1.29 is 19.2 Å². The van der Waals surface area contributed by atoms with Crippen molar-refractivity contribution in [3.05, 3.63) is 32.8 Å². The summed E-state index contributed by atoms with van der Waals surface area (Å²) in [5, 5.41) is 10.7. The minimum Gasteiger partial charge on any atom is -0.495 e. The van der Waals surface area contributed by atoms with Crippen molar-refractivity contribution in [3.8, 4) is 5.75 Å². The largest absolute Gasteiger partial charge is 0.495 e. The van der Waals surface area contributed by atoms with Crippen molar-refractivity contribution in [1.82, 2.24) is 0 Å². The molecule has 92 valence electrons.